The Morgan fingerprint density at radius 2 is 2.05 bits per heavy atom. The van der Waals surface area contributed by atoms with E-state index in [4.69, 9.17) is 4.74 Å². The van der Waals surface area contributed by atoms with Crippen LogP contribution in [0.3, 0.4) is 0 Å². The van der Waals surface area contributed by atoms with Crippen molar-refractivity contribution in [1.82, 2.24) is 5.32 Å². The number of hydrogen-bond acceptors (Lipinski definition) is 4. The maximum Gasteiger partial charge on any atom is 0.319 e. The molecule has 0 aliphatic carbocycles. The average Bonchev–Trinajstić information content (AvgIpc) is 2.46. The molecule has 21 heavy (non-hydrogen) atoms. The molecule has 1 aliphatic rings. The number of hydrogen-bond donors (Lipinski definition) is 3. The lowest BCUT2D eigenvalue weighted by Crippen LogP contribution is -2.47. The van der Waals surface area contributed by atoms with Gasteiger partial charge in [0.25, 0.3) is 0 Å². The second kappa shape index (κ2) is 6.69. The van der Waals surface area contributed by atoms with E-state index in [0.29, 0.717) is 37.3 Å². The van der Waals surface area contributed by atoms with Gasteiger partial charge >= 0.3 is 6.03 Å². The average molecular weight is 292 g/mol. The number of Topliss-reactive ketones (excluding diaryl/α,β-unsaturated/α-hetero) is 1. The third kappa shape index (κ3) is 4.54. The number of nitrogens with one attached hydrogen (secondary N) is 2. The van der Waals surface area contributed by atoms with Crippen molar-refractivity contribution in [3.63, 3.8) is 0 Å². The molecule has 1 heterocycles. The molecule has 0 aromatic heterocycles. The summed E-state index contributed by atoms with van der Waals surface area (Å²) in [4.78, 5) is 23.1. The van der Waals surface area contributed by atoms with E-state index in [0.717, 1.165) is 0 Å². The molecule has 1 fully saturated rings. The van der Waals surface area contributed by atoms with Crippen LogP contribution in [-0.4, -0.2) is 42.3 Å². The molecule has 0 unspecified atom stereocenters. The third-order valence-electron chi connectivity index (χ3n) is 3.53. The number of urea groups is 1. The quantitative estimate of drug-likeness (QED) is 0.735. The van der Waals surface area contributed by atoms with E-state index in [1.807, 2.05) is 0 Å². The van der Waals surface area contributed by atoms with Gasteiger partial charge in [0.05, 0.1) is 5.60 Å². The van der Waals surface area contributed by atoms with Gasteiger partial charge in [0.2, 0.25) is 0 Å². The van der Waals surface area contributed by atoms with Crippen LogP contribution in [0, 0.1) is 0 Å². The maximum atomic E-state index is 11.8. The summed E-state index contributed by atoms with van der Waals surface area (Å²) in [5.74, 6) is -0.0597. The molecule has 1 aliphatic heterocycles. The molecule has 1 saturated heterocycles. The van der Waals surface area contributed by atoms with Crippen LogP contribution < -0.4 is 10.6 Å². The van der Waals surface area contributed by atoms with Gasteiger partial charge in [-0.2, -0.15) is 0 Å². The van der Waals surface area contributed by atoms with E-state index in [9.17, 15) is 14.7 Å². The lowest BCUT2D eigenvalue weighted by molar-refractivity contribution is -0.0598. The van der Waals surface area contributed by atoms with Gasteiger partial charge in [-0.05, 0) is 19.1 Å². The van der Waals surface area contributed by atoms with E-state index < -0.39 is 11.6 Å². The Hall–Kier alpha value is -1.92. The molecule has 3 N–H and O–H groups in total. The van der Waals surface area contributed by atoms with Crippen LogP contribution in [0.4, 0.5) is 10.5 Å². The first-order valence-corrected chi connectivity index (χ1v) is 6.94. The summed E-state index contributed by atoms with van der Waals surface area (Å²) in [6, 6.07) is 6.31. The van der Waals surface area contributed by atoms with Crippen LogP contribution in [0.5, 0.6) is 0 Å². The van der Waals surface area contributed by atoms with Crippen molar-refractivity contribution in [3.05, 3.63) is 29.8 Å². The number of rotatable bonds is 4. The Labute approximate surface area is 123 Å². The van der Waals surface area contributed by atoms with Crippen molar-refractivity contribution >= 4 is 17.5 Å². The Morgan fingerprint density at radius 1 is 1.33 bits per heavy atom. The highest BCUT2D eigenvalue weighted by Crippen LogP contribution is 2.19. The number of anilines is 1. The first-order chi connectivity index (χ1) is 9.98. The summed E-state index contributed by atoms with van der Waals surface area (Å²) in [6.07, 6.45) is 1.01. The number of ether oxygens (including phenoxy) is 1. The van der Waals surface area contributed by atoms with Crippen molar-refractivity contribution < 1.29 is 19.4 Å². The number of carbonyl (C=O) groups excluding carboxylic acids is 2. The second-order valence-corrected chi connectivity index (χ2v) is 5.28. The first kappa shape index (κ1) is 15.5. The van der Waals surface area contributed by atoms with Crippen LogP contribution in [-0.2, 0) is 4.74 Å². The molecule has 2 amide bonds. The van der Waals surface area contributed by atoms with Gasteiger partial charge in [0.1, 0.15) is 0 Å². The lowest BCUT2D eigenvalue weighted by Gasteiger charge is -2.32. The first-order valence-electron chi connectivity index (χ1n) is 6.94. The van der Waals surface area contributed by atoms with Gasteiger partial charge in [-0.3, -0.25) is 4.79 Å². The van der Waals surface area contributed by atoms with Gasteiger partial charge in [0, 0.05) is 43.9 Å². The third-order valence-corrected chi connectivity index (χ3v) is 3.53. The molecular weight excluding hydrogens is 272 g/mol. The highest BCUT2D eigenvalue weighted by atomic mass is 16.5. The van der Waals surface area contributed by atoms with Crippen molar-refractivity contribution in [2.24, 2.45) is 0 Å². The van der Waals surface area contributed by atoms with E-state index in [-0.39, 0.29) is 12.3 Å². The van der Waals surface area contributed by atoms with Crippen molar-refractivity contribution in [2.45, 2.75) is 25.4 Å². The SMILES string of the molecule is CC(=O)c1cccc(NC(=O)NCC2(O)CCOCC2)c1. The Balaban J connectivity index is 1.87. The van der Waals surface area contributed by atoms with Crippen LogP contribution in [0.25, 0.3) is 0 Å². The predicted octanol–water partition coefficient (Wildman–Crippen LogP) is 1.55. The molecule has 0 saturated carbocycles. The Bertz CT molecular complexity index is 524. The summed E-state index contributed by atoms with van der Waals surface area (Å²) in [5.41, 5.74) is 0.173. The molecule has 114 valence electrons. The van der Waals surface area contributed by atoms with Crippen LogP contribution in [0.2, 0.25) is 0 Å². The predicted molar refractivity (Wildman–Crippen MR) is 78.5 cm³/mol. The van der Waals surface area contributed by atoms with Crippen molar-refractivity contribution in [1.29, 1.82) is 0 Å². The van der Waals surface area contributed by atoms with Gasteiger partial charge in [-0.15, -0.1) is 0 Å². The highest BCUT2D eigenvalue weighted by Gasteiger charge is 2.30. The van der Waals surface area contributed by atoms with E-state index in [1.165, 1.54) is 6.92 Å². The van der Waals surface area contributed by atoms with E-state index in [2.05, 4.69) is 10.6 Å². The van der Waals surface area contributed by atoms with E-state index in [1.54, 1.807) is 24.3 Å². The fourth-order valence-electron chi connectivity index (χ4n) is 2.16. The number of ketones is 1. The van der Waals surface area contributed by atoms with Crippen molar-refractivity contribution in [3.8, 4) is 0 Å². The molecular formula is C15H20N2O4. The number of carbonyl (C=O) groups is 2. The molecule has 1 aromatic rings. The van der Waals surface area contributed by atoms with Gasteiger partial charge in [-0.25, -0.2) is 4.79 Å². The van der Waals surface area contributed by atoms with Gasteiger partial charge in [0.15, 0.2) is 5.78 Å². The maximum absolute atomic E-state index is 11.8. The molecule has 1 aromatic carbocycles. The minimum absolute atomic E-state index is 0.0597. The normalized spacial score (nSPS) is 17.0. The fraction of sp³-hybridized carbons (Fsp3) is 0.467. The van der Waals surface area contributed by atoms with Gasteiger partial charge < -0.3 is 20.5 Å². The smallest absolute Gasteiger partial charge is 0.319 e. The minimum Gasteiger partial charge on any atom is -0.388 e. The van der Waals surface area contributed by atoms with Gasteiger partial charge in [-0.1, -0.05) is 12.1 Å². The zero-order valence-electron chi connectivity index (χ0n) is 12.0. The van der Waals surface area contributed by atoms with Crippen LogP contribution >= 0.6 is 0 Å². The van der Waals surface area contributed by atoms with E-state index >= 15 is 0 Å². The highest BCUT2D eigenvalue weighted by molar-refractivity contribution is 5.96. The zero-order chi connectivity index (χ0) is 15.3. The molecule has 0 bridgehead atoms. The fourth-order valence-corrected chi connectivity index (χ4v) is 2.16. The molecule has 0 atom stereocenters. The molecule has 0 radical (unpaired) electrons. The van der Waals surface area contributed by atoms with Crippen LogP contribution in [0.1, 0.15) is 30.1 Å². The monoisotopic (exact) mass is 292 g/mol. The molecule has 6 nitrogen and oxygen atoms in total. The second-order valence-electron chi connectivity index (χ2n) is 5.28. The summed E-state index contributed by atoms with van der Waals surface area (Å²) < 4.78 is 5.18. The number of aliphatic hydroxyl groups is 1. The zero-order valence-corrected chi connectivity index (χ0v) is 12.0. The molecule has 2 rings (SSSR count). The lowest BCUT2D eigenvalue weighted by atomic mass is 9.94. The minimum atomic E-state index is -0.906. The Kier molecular flexibility index (Phi) is 4.93. The number of amides is 2. The largest absolute Gasteiger partial charge is 0.388 e. The Morgan fingerprint density at radius 3 is 2.71 bits per heavy atom. The summed E-state index contributed by atoms with van der Waals surface area (Å²) in [6.45, 7) is 2.65. The summed E-state index contributed by atoms with van der Waals surface area (Å²) >= 11 is 0. The standard InChI is InChI=1S/C15H20N2O4/c1-11(18)12-3-2-4-13(9-12)17-14(19)16-10-15(20)5-7-21-8-6-15/h2-4,9,20H,5-8,10H2,1H3,(H2,16,17,19). The number of benzene rings is 1. The topological polar surface area (TPSA) is 87.7 Å². The van der Waals surface area contributed by atoms with Crippen LogP contribution in [0.15, 0.2) is 24.3 Å². The molecule has 6 heteroatoms. The summed E-state index contributed by atoms with van der Waals surface area (Å²) in [5, 5.41) is 15.5. The van der Waals surface area contributed by atoms with Crippen molar-refractivity contribution in [2.75, 3.05) is 25.1 Å². The molecule has 0 spiro atoms. The summed E-state index contributed by atoms with van der Waals surface area (Å²) in [7, 11) is 0.